The zero-order chi connectivity index (χ0) is 18.5. The molecule has 0 fully saturated rings. The monoisotopic (exact) mass is 379 g/mol. The minimum atomic E-state index is -0.0194. The van der Waals surface area contributed by atoms with Gasteiger partial charge in [-0.1, -0.05) is 30.0 Å². The fourth-order valence-corrected chi connectivity index (χ4v) is 3.46. The number of para-hydroxylation sites is 2. The second kappa shape index (κ2) is 8.00. The van der Waals surface area contributed by atoms with Gasteiger partial charge in [-0.05, 0) is 47.2 Å². The standard InChI is InChI=1S/C18H17N7OS/c26-17(20-13-5-3-6-14(11-13)25-12-19-23-24-25)9-4-10-27-18-21-15-7-1-2-8-16(15)22-18/h1-3,5-8,11-12H,4,9-10H2,(H,20,26)(H,21,22). The van der Waals surface area contributed by atoms with Crippen LogP contribution >= 0.6 is 11.8 Å². The number of benzene rings is 2. The number of anilines is 1. The molecule has 0 saturated heterocycles. The van der Waals surface area contributed by atoms with Crippen molar-refractivity contribution < 1.29 is 4.79 Å². The lowest BCUT2D eigenvalue weighted by molar-refractivity contribution is -0.116. The number of hydrogen-bond acceptors (Lipinski definition) is 6. The smallest absolute Gasteiger partial charge is 0.224 e. The van der Waals surface area contributed by atoms with Crippen molar-refractivity contribution in [3.8, 4) is 5.69 Å². The van der Waals surface area contributed by atoms with Crippen molar-refractivity contribution in [3.05, 3.63) is 54.9 Å². The minimum Gasteiger partial charge on any atom is -0.333 e. The number of imidazole rings is 1. The molecule has 0 saturated carbocycles. The van der Waals surface area contributed by atoms with Gasteiger partial charge in [-0.2, -0.15) is 0 Å². The number of H-pyrrole nitrogens is 1. The molecule has 0 aliphatic carbocycles. The molecule has 4 aromatic rings. The fraction of sp³-hybridized carbons (Fsp3) is 0.167. The lowest BCUT2D eigenvalue weighted by atomic mass is 10.2. The molecule has 4 rings (SSSR count). The summed E-state index contributed by atoms with van der Waals surface area (Å²) in [5, 5.41) is 14.9. The Morgan fingerprint density at radius 3 is 2.96 bits per heavy atom. The molecule has 2 aromatic carbocycles. The summed E-state index contributed by atoms with van der Waals surface area (Å²) < 4.78 is 1.54. The molecule has 0 atom stereocenters. The van der Waals surface area contributed by atoms with Crippen LogP contribution < -0.4 is 5.32 Å². The van der Waals surface area contributed by atoms with E-state index >= 15 is 0 Å². The van der Waals surface area contributed by atoms with Gasteiger partial charge in [0.2, 0.25) is 5.91 Å². The van der Waals surface area contributed by atoms with Crippen molar-refractivity contribution in [1.29, 1.82) is 0 Å². The van der Waals surface area contributed by atoms with E-state index < -0.39 is 0 Å². The van der Waals surface area contributed by atoms with Gasteiger partial charge in [0.15, 0.2) is 5.16 Å². The topological polar surface area (TPSA) is 101 Å². The molecular weight excluding hydrogens is 362 g/mol. The molecule has 0 unspecified atom stereocenters. The van der Waals surface area contributed by atoms with Gasteiger partial charge in [0.1, 0.15) is 6.33 Å². The van der Waals surface area contributed by atoms with Crippen LogP contribution in [0.4, 0.5) is 5.69 Å². The number of thioether (sulfide) groups is 1. The molecule has 0 radical (unpaired) electrons. The van der Waals surface area contributed by atoms with E-state index in [9.17, 15) is 4.79 Å². The number of tetrazole rings is 1. The third kappa shape index (κ3) is 4.32. The molecule has 0 spiro atoms. The zero-order valence-corrected chi connectivity index (χ0v) is 15.2. The summed E-state index contributed by atoms with van der Waals surface area (Å²) in [6.45, 7) is 0. The largest absolute Gasteiger partial charge is 0.333 e. The number of nitrogens with zero attached hydrogens (tertiary/aromatic N) is 5. The van der Waals surface area contributed by atoms with Crippen molar-refractivity contribution in [2.75, 3.05) is 11.1 Å². The van der Waals surface area contributed by atoms with Crippen LogP contribution in [0.3, 0.4) is 0 Å². The highest BCUT2D eigenvalue weighted by Gasteiger charge is 2.06. The first kappa shape index (κ1) is 17.2. The molecule has 0 aliphatic rings. The number of nitrogens with one attached hydrogen (secondary N) is 2. The molecule has 2 N–H and O–H groups in total. The normalized spacial score (nSPS) is 11.0. The highest BCUT2D eigenvalue weighted by Crippen LogP contribution is 2.20. The number of fused-ring (bicyclic) bond motifs is 1. The van der Waals surface area contributed by atoms with Gasteiger partial charge in [-0.25, -0.2) is 9.67 Å². The van der Waals surface area contributed by atoms with Crippen LogP contribution in [-0.2, 0) is 4.79 Å². The number of rotatable bonds is 7. The summed E-state index contributed by atoms with van der Waals surface area (Å²) in [6.07, 6.45) is 2.72. The van der Waals surface area contributed by atoms with E-state index in [1.165, 1.54) is 6.33 Å². The summed E-state index contributed by atoms with van der Waals surface area (Å²) in [4.78, 5) is 20.0. The Hall–Kier alpha value is -3.20. The second-order valence-corrected chi connectivity index (χ2v) is 6.95. The van der Waals surface area contributed by atoms with Gasteiger partial charge in [-0.15, -0.1) is 5.10 Å². The van der Waals surface area contributed by atoms with Crippen molar-refractivity contribution >= 4 is 34.4 Å². The van der Waals surface area contributed by atoms with E-state index in [0.717, 1.165) is 39.7 Å². The predicted octanol–water partition coefficient (Wildman–Crippen LogP) is 3.05. The van der Waals surface area contributed by atoms with Crippen LogP contribution in [0.1, 0.15) is 12.8 Å². The molecule has 0 aliphatic heterocycles. The Morgan fingerprint density at radius 1 is 1.19 bits per heavy atom. The number of carbonyl (C=O) groups is 1. The van der Waals surface area contributed by atoms with Crippen LogP contribution in [-0.4, -0.2) is 41.8 Å². The van der Waals surface area contributed by atoms with Crippen LogP contribution in [0.25, 0.3) is 16.7 Å². The summed E-state index contributed by atoms with van der Waals surface area (Å²) in [5.74, 6) is 0.798. The average Bonchev–Trinajstić information content (AvgIpc) is 3.35. The first-order valence-corrected chi connectivity index (χ1v) is 9.47. The van der Waals surface area contributed by atoms with Crippen LogP contribution in [0.5, 0.6) is 0 Å². The van der Waals surface area contributed by atoms with Crippen molar-refractivity contribution in [1.82, 2.24) is 30.2 Å². The second-order valence-electron chi connectivity index (χ2n) is 5.86. The van der Waals surface area contributed by atoms with E-state index in [1.807, 2.05) is 48.5 Å². The minimum absolute atomic E-state index is 0.0194. The summed E-state index contributed by atoms with van der Waals surface area (Å²) in [6, 6.07) is 15.3. The number of aromatic nitrogens is 6. The first-order chi connectivity index (χ1) is 13.3. The van der Waals surface area contributed by atoms with Gasteiger partial charge in [0.25, 0.3) is 0 Å². The Kier molecular flexibility index (Phi) is 5.10. The van der Waals surface area contributed by atoms with Gasteiger partial charge in [-0.3, -0.25) is 4.79 Å². The Balaban J connectivity index is 1.25. The third-order valence-corrected chi connectivity index (χ3v) is 4.86. The predicted molar refractivity (Wildman–Crippen MR) is 104 cm³/mol. The molecule has 27 heavy (non-hydrogen) atoms. The van der Waals surface area contributed by atoms with Gasteiger partial charge < -0.3 is 10.3 Å². The zero-order valence-electron chi connectivity index (χ0n) is 14.4. The molecule has 0 bridgehead atoms. The van der Waals surface area contributed by atoms with Gasteiger partial charge >= 0.3 is 0 Å². The molecule has 1 amide bonds. The molecule has 8 nitrogen and oxygen atoms in total. The summed E-state index contributed by atoms with van der Waals surface area (Å²) >= 11 is 1.62. The molecule has 2 aromatic heterocycles. The summed E-state index contributed by atoms with van der Waals surface area (Å²) in [5.41, 5.74) is 3.50. The molecule has 9 heteroatoms. The maximum absolute atomic E-state index is 12.2. The number of carbonyl (C=O) groups excluding carboxylic acids is 1. The maximum Gasteiger partial charge on any atom is 0.224 e. The van der Waals surface area contributed by atoms with Crippen LogP contribution in [0.2, 0.25) is 0 Å². The fourth-order valence-electron chi connectivity index (χ4n) is 2.63. The van der Waals surface area contributed by atoms with Gasteiger partial charge in [0, 0.05) is 17.9 Å². The SMILES string of the molecule is O=C(CCCSc1nc2ccccc2[nH]1)Nc1cccc(-n2cnnn2)c1. The Bertz CT molecular complexity index is 1010. The van der Waals surface area contributed by atoms with Gasteiger partial charge in [0.05, 0.1) is 16.7 Å². The molecular formula is C18H17N7OS. The molecule has 136 valence electrons. The van der Waals surface area contributed by atoms with E-state index in [2.05, 4.69) is 30.8 Å². The quantitative estimate of drug-likeness (QED) is 0.378. The Morgan fingerprint density at radius 2 is 2.11 bits per heavy atom. The van der Waals surface area contributed by atoms with E-state index in [0.29, 0.717) is 6.42 Å². The highest BCUT2D eigenvalue weighted by molar-refractivity contribution is 7.99. The average molecular weight is 379 g/mol. The van der Waals surface area contributed by atoms with E-state index in [-0.39, 0.29) is 5.91 Å². The van der Waals surface area contributed by atoms with Crippen LogP contribution in [0.15, 0.2) is 60.0 Å². The molecule has 2 heterocycles. The lowest BCUT2D eigenvalue weighted by Gasteiger charge is -2.07. The van der Waals surface area contributed by atoms with E-state index in [4.69, 9.17) is 0 Å². The van der Waals surface area contributed by atoms with E-state index in [1.54, 1.807) is 16.4 Å². The highest BCUT2D eigenvalue weighted by atomic mass is 32.2. The summed E-state index contributed by atoms with van der Waals surface area (Å²) in [7, 11) is 0. The van der Waals surface area contributed by atoms with Crippen LogP contribution in [0, 0.1) is 0 Å². The Labute approximate surface area is 159 Å². The van der Waals surface area contributed by atoms with Crippen molar-refractivity contribution in [2.45, 2.75) is 18.0 Å². The number of hydrogen-bond donors (Lipinski definition) is 2. The van der Waals surface area contributed by atoms with Crippen molar-refractivity contribution in [2.24, 2.45) is 0 Å². The lowest BCUT2D eigenvalue weighted by Crippen LogP contribution is -2.11. The number of amides is 1. The van der Waals surface area contributed by atoms with Crippen molar-refractivity contribution in [3.63, 3.8) is 0 Å². The third-order valence-electron chi connectivity index (χ3n) is 3.90. The number of aromatic amines is 1. The maximum atomic E-state index is 12.2. The first-order valence-electron chi connectivity index (χ1n) is 8.49.